The quantitative estimate of drug-likeness (QED) is 0.763. The summed E-state index contributed by atoms with van der Waals surface area (Å²) in [5.41, 5.74) is 1.51. The van der Waals surface area contributed by atoms with Crippen molar-refractivity contribution in [3.8, 4) is 17.0 Å². The van der Waals surface area contributed by atoms with Crippen LogP contribution in [-0.2, 0) is 0 Å². The lowest BCUT2D eigenvalue weighted by Crippen LogP contribution is -1.85. The molecule has 0 aliphatic carbocycles. The molecule has 0 unspecified atom stereocenters. The van der Waals surface area contributed by atoms with Gasteiger partial charge in [-0.1, -0.05) is 16.8 Å². The molecule has 0 spiro atoms. The van der Waals surface area contributed by atoms with Crippen LogP contribution in [0.2, 0.25) is 5.02 Å². The lowest BCUT2D eigenvalue weighted by Gasteiger charge is -2.03. The summed E-state index contributed by atoms with van der Waals surface area (Å²) in [6.45, 7) is 0. The van der Waals surface area contributed by atoms with Gasteiger partial charge in [-0.25, -0.2) is 0 Å². The van der Waals surface area contributed by atoms with Crippen molar-refractivity contribution in [3.63, 3.8) is 0 Å². The summed E-state index contributed by atoms with van der Waals surface area (Å²) in [5, 5.41) is 4.43. The van der Waals surface area contributed by atoms with Gasteiger partial charge in [0.15, 0.2) is 0 Å². The fourth-order valence-electron chi connectivity index (χ4n) is 1.18. The summed E-state index contributed by atoms with van der Waals surface area (Å²) in [5.74, 6) is 0.743. The molecule has 0 atom stereocenters. The zero-order chi connectivity index (χ0) is 9.97. The topological polar surface area (TPSA) is 35.3 Å². The van der Waals surface area contributed by atoms with Crippen LogP contribution in [0.15, 0.2) is 35.1 Å². The highest BCUT2D eigenvalue weighted by atomic mass is 35.5. The highest BCUT2D eigenvalue weighted by molar-refractivity contribution is 6.33. The Bertz CT molecular complexity index is 426. The number of rotatable bonds is 2. The maximum Gasteiger partial charge on any atom is 0.124 e. The van der Waals surface area contributed by atoms with Gasteiger partial charge in [0.1, 0.15) is 17.7 Å². The summed E-state index contributed by atoms with van der Waals surface area (Å²) < 4.78 is 9.84. The third kappa shape index (κ3) is 1.59. The summed E-state index contributed by atoms with van der Waals surface area (Å²) in [6.07, 6.45) is 1.51. The van der Waals surface area contributed by atoms with E-state index in [0.29, 0.717) is 10.7 Å². The summed E-state index contributed by atoms with van der Waals surface area (Å²) in [6, 6.07) is 7.14. The standard InChI is InChI=1S/C10H8ClNO2/c1-13-7-2-3-9(11)8(6-7)10-4-5-14-12-10/h2-6H,1H3. The second kappa shape index (κ2) is 3.72. The molecule has 0 saturated heterocycles. The molecule has 14 heavy (non-hydrogen) atoms. The SMILES string of the molecule is COc1ccc(Cl)c(-c2ccon2)c1. The maximum atomic E-state index is 6.01. The van der Waals surface area contributed by atoms with E-state index >= 15 is 0 Å². The molecular weight excluding hydrogens is 202 g/mol. The Labute approximate surface area is 86.2 Å². The van der Waals surface area contributed by atoms with Gasteiger partial charge >= 0.3 is 0 Å². The van der Waals surface area contributed by atoms with E-state index in [-0.39, 0.29) is 0 Å². The Kier molecular flexibility index (Phi) is 2.41. The van der Waals surface area contributed by atoms with Crippen LogP contribution in [0.25, 0.3) is 11.3 Å². The van der Waals surface area contributed by atoms with Crippen LogP contribution in [0.4, 0.5) is 0 Å². The van der Waals surface area contributed by atoms with Crippen LogP contribution in [0.3, 0.4) is 0 Å². The number of hydrogen-bond donors (Lipinski definition) is 0. The minimum absolute atomic E-state index is 0.625. The molecule has 1 aromatic carbocycles. The Morgan fingerprint density at radius 1 is 1.36 bits per heavy atom. The van der Waals surface area contributed by atoms with Crippen LogP contribution >= 0.6 is 11.6 Å². The number of benzene rings is 1. The normalized spacial score (nSPS) is 10.1. The fourth-order valence-corrected chi connectivity index (χ4v) is 1.39. The first-order valence-corrected chi connectivity index (χ1v) is 4.43. The van der Waals surface area contributed by atoms with Crippen molar-refractivity contribution in [1.29, 1.82) is 0 Å². The molecule has 1 aromatic heterocycles. The van der Waals surface area contributed by atoms with E-state index in [9.17, 15) is 0 Å². The minimum Gasteiger partial charge on any atom is -0.497 e. The highest BCUT2D eigenvalue weighted by Crippen LogP contribution is 2.30. The molecule has 0 aliphatic heterocycles. The van der Waals surface area contributed by atoms with Crippen molar-refractivity contribution < 1.29 is 9.26 Å². The van der Waals surface area contributed by atoms with Crippen LogP contribution in [0, 0.1) is 0 Å². The minimum atomic E-state index is 0.625. The number of nitrogens with zero attached hydrogens (tertiary/aromatic N) is 1. The molecule has 4 heteroatoms. The molecule has 0 N–H and O–H groups in total. The van der Waals surface area contributed by atoms with E-state index in [4.69, 9.17) is 20.9 Å². The molecule has 0 aliphatic rings. The smallest absolute Gasteiger partial charge is 0.124 e. The molecule has 1 heterocycles. The van der Waals surface area contributed by atoms with Gasteiger partial charge in [0, 0.05) is 11.6 Å². The molecule has 0 fully saturated rings. The molecule has 2 rings (SSSR count). The van der Waals surface area contributed by atoms with Crippen molar-refractivity contribution in [2.45, 2.75) is 0 Å². The first-order chi connectivity index (χ1) is 6.81. The monoisotopic (exact) mass is 209 g/mol. The van der Waals surface area contributed by atoms with E-state index < -0.39 is 0 Å². The van der Waals surface area contributed by atoms with Crippen molar-refractivity contribution in [2.75, 3.05) is 7.11 Å². The number of halogens is 1. The molecule has 0 bridgehead atoms. The average Bonchev–Trinajstić information content (AvgIpc) is 2.71. The first kappa shape index (κ1) is 9.09. The second-order valence-electron chi connectivity index (χ2n) is 2.73. The second-order valence-corrected chi connectivity index (χ2v) is 3.14. The van der Waals surface area contributed by atoms with Crippen LogP contribution in [-0.4, -0.2) is 12.3 Å². The van der Waals surface area contributed by atoms with Gasteiger partial charge in [0.05, 0.1) is 12.1 Å². The van der Waals surface area contributed by atoms with E-state index in [1.165, 1.54) is 6.26 Å². The number of methoxy groups -OCH3 is 1. The Balaban J connectivity index is 2.51. The highest BCUT2D eigenvalue weighted by Gasteiger charge is 2.07. The van der Waals surface area contributed by atoms with E-state index in [1.807, 2.05) is 6.07 Å². The van der Waals surface area contributed by atoms with Gasteiger partial charge in [0.2, 0.25) is 0 Å². The third-order valence-electron chi connectivity index (χ3n) is 1.89. The van der Waals surface area contributed by atoms with E-state index in [0.717, 1.165) is 11.3 Å². The Morgan fingerprint density at radius 2 is 2.21 bits per heavy atom. The lowest BCUT2D eigenvalue weighted by atomic mass is 10.1. The predicted molar refractivity (Wildman–Crippen MR) is 53.5 cm³/mol. The van der Waals surface area contributed by atoms with Gasteiger partial charge in [0.25, 0.3) is 0 Å². The maximum absolute atomic E-state index is 6.01. The Hall–Kier alpha value is -1.48. The van der Waals surface area contributed by atoms with Gasteiger partial charge in [-0.15, -0.1) is 0 Å². The number of ether oxygens (including phenoxy) is 1. The van der Waals surface area contributed by atoms with Crippen molar-refractivity contribution in [3.05, 3.63) is 35.6 Å². The summed E-state index contributed by atoms with van der Waals surface area (Å²) >= 11 is 6.01. The van der Waals surface area contributed by atoms with Gasteiger partial charge in [-0.05, 0) is 18.2 Å². The third-order valence-corrected chi connectivity index (χ3v) is 2.22. The number of hydrogen-bond acceptors (Lipinski definition) is 3. The number of aromatic nitrogens is 1. The van der Waals surface area contributed by atoms with Gasteiger partial charge in [-0.2, -0.15) is 0 Å². The molecule has 0 radical (unpaired) electrons. The van der Waals surface area contributed by atoms with Gasteiger partial charge < -0.3 is 9.26 Å². The fraction of sp³-hybridized carbons (Fsp3) is 0.100. The summed E-state index contributed by atoms with van der Waals surface area (Å²) in [4.78, 5) is 0. The molecule has 2 aromatic rings. The van der Waals surface area contributed by atoms with Crippen LogP contribution < -0.4 is 4.74 Å². The first-order valence-electron chi connectivity index (χ1n) is 4.05. The lowest BCUT2D eigenvalue weighted by molar-refractivity contribution is 0.414. The predicted octanol–water partition coefficient (Wildman–Crippen LogP) is 3.00. The van der Waals surface area contributed by atoms with Gasteiger partial charge in [-0.3, -0.25) is 0 Å². The van der Waals surface area contributed by atoms with Crippen molar-refractivity contribution in [1.82, 2.24) is 5.16 Å². The summed E-state index contributed by atoms with van der Waals surface area (Å²) in [7, 11) is 1.61. The average molecular weight is 210 g/mol. The molecule has 3 nitrogen and oxygen atoms in total. The molecule has 72 valence electrons. The zero-order valence-corrected chi connectivity index (χ0v) is 8.28. The van der Waals surface area contributed by atoms with Crippen LogP contribution in [0.1, 0.15) is 0 Å². The molecule has 0 amide bonds. The zero-order valence-electron chi connectivity index (χ0n) is 7.53. The molecule has 0 saturated carbocycles. The largest absolute Gasteiger partial charge is 0.497 e. The van der Waals surface area contributed by atoms with Crippen molar-refractivity contribution >= 4 is 11.6 Å². The van der Waals surface area contributed by atoms with E-state index in [2.05, 4.69) is 5.16 Å². The van der Waals surface area contributed by atoms with Crippen LogP contribution in [0.5, 0.6) is 5.75 Å². The van der Waals surface area contributed by atoms with E-state index in [1.54, 1.807) is 25.3 Å². The molecular formula is C10H8ClNO2. The Morgan fingerprint density at radius 3 is 2.86 bits per heavy atom. The van der Waals surface area contributed by atoms with Crippen molar-refractivity contribution in [2.24, 2.45) is 0 Å².